The fraction of sp³-hybridized carbons (Fsp3) is 0.0938. The Hall–Kier alpha value is -5.42. The molecule has 0 bridgehead atoms. The van der Waals surface area contributed by atoms with Crippen LogP contribution in [0.3, 0.4) is 0 Å². The summed E-state index contributed by atoms with van der Waals surface area (Å²) in [4.78, 5) is 26.6. The fourth-order valence-corrected chi connectivity index (χ4v) is 5.46. The molecule has 0 radical (unpaired) electrons. The third-order valence-corrected chi connectivity index (χ3v) is 7.88. The summed E-state index contributed by atoms with van der Waals surface area (Å²) in [5.41, 5.74) is 5.24. The van der Waals surface area contributed by atoms with Crippen molar-refractivity contribution in [1.82, 2.24) is 15.2 Å². The van der Waals surface area contributed by atoms with Gasteiger partial charge >= 0.3 is 0 Å². The standard InChI is InChI=1S/C32H29N5O5S/c1-3-42-27-18-20-28(21-19-27)43(40,41)36-25-16-14-24(15-17-25)31(38)34-33-30(23-10-6-4-7-11-23)29-22(2)35-37(32(29)39)26-12-8-5-9-13-26/h4-21,35-36H,3H2,1-2H3,(H,34,38)/b33-30+. The highest BCUT2D eigenvalue weighted by Crippen LogP contribution is 2.20. The number of benzene rings is 4. The maximum absolute atomic E-state index is 13.5. The van der Waals surface area contributed by atoms with E-state index in [2.05, 4.69) is 20.3 Å². The van der Waals surface area contributed by atoms with Gasteiger partial charge < -0.3 is 4.74 Å². The van der Waals surface area contributed by atoms with Crippen molar-refractivity contribution in [2.75, 3.05) is 11.3 Å². The van der Waals surface area contributed by atoms with E-state index in [1.807, 2.05) is 55.5 Å². The van der Waals surface area contributed by atoms with Crippen LogP contribution in [-0.4, -0.2) is 36.4 Å². The Labute approximate surface area is 248 Å². The third kappa shape index (κ3) is 6.57. The predicted molar refractivity (Wildman–Crippen MR) is 166 cm³/mol. The summed E-state index contributed by atoms with van der Waals surface area (Å²) >= 11 is 0. The van der Waals surface area contributed by atoms with Gasteiger partial charge in [-0.1, -0.05) is 48.5 Å². The maximum atomic E-state index is 13.5. The van der Waals surface area contributed by atoms with Crippen LogP contribution in [-0.2, 0) is 10.0 Å². The molecule has 0 aliphatic carbocycles. The van der Waals surface area contributed by atoms with Crippen LogP contribution in [0.5, 0.6) is 5.75 Å². The number of aromatic amines is 1. The van der Waals surface area contributed by atoms with E-state index in [0.717, 1.165) is 0 Å². The Bertz CT molecular complexity index is 1910. The zero-order valence-corrected chi connectivity index (χ0v) is 24.3. The SMILES string of the molecule is CCOc1ccc(S(=O)(=O)Nc2ccc(C(=O)N/N=C(\c3ccccc3)c3c(C)[nH]n(-c4ccccc4)c3=O)cc2)cc1. The molecule has 1 heterocycles. The van der Waals surface area contributed by atoms with E-state index in [9.17, 15) is 18.0 Å². The summed E-state index contributed by atoms with van der Waals surface area (Å²) in [7, 11) is -3.85. The molecule has 0 aliphatic rings. The van der Waals surface area contributed by atoms with Crippen molar-refractivity contribution in [1.29, 1.82) is 0 Å². The Kier molecular flexibility index (Phi) is 8.54. The molecule has 5 rings (SSSR count). The molecule has 218 valence electrons. The van der Waals surface area contributed by atoms with Crippen molar-refractivity contribution in [3.8, 4) is 11.4 Å². The number of hydrazone groups is 1. The number of ether oxygens (including phenoxy) is 1. The van der Waals surface area contributed by atoms with Gasteiger partial charge in [-0.3, -0.25) is 19.4 Å². The number of anilines is 1. The number of carbonyl (C=O) groups excluding carboxylic acids is 1. The van der Waals surface area contributed by atoms with E-state index in [1.165, 1.54) is 41.1 Å². The number of para-hydroxylation sites is 1. The second-order valence-corrected chi connectivity index (χ2v) is 11.1. The minimum atomic E-state index is -3.85. The number of nitrogens with zero attached hydrogens (tertiary/aromatic N) is 2. The zero-order valence-electron chi connectivity index (χ0n) is 23.4. The van der Waals surface area contributed by atoms with Gasteiger partial charge in [-0.2, -0.15) is 5.10 Å². The lowest BCUT2D eigenvalue weighted by Gasteiger charge is -2.10. The van der Waals surface area contributed by atoms with Crippen molar-refractivity contribution >= 4 is 27.3 Å². The zero-order chi connectivity index (χ0) is 30.4. The lowest BCUT2D eigenvalue weighted by Crippen LogP contribution is -2.25. The normalized spacial score (nSPS) is 11.6. The molecule has 0 saturated carbocycles. The summed E-state index contributed by atoms with van der Waals surface area (Å²) < 4.78 is 34.9. The molecule has 0 aliphatic heterocycles. The van der Waals surface area contributed by atoms with Crippen molar-refractivity contribution < 1.29 is 17.9 Å². The molecular formula is C32H29N5O5S. The first kappa shape index (κ1) is 29.1. The van der Waals surface area contributed by atoms with Gasteiger partial charge in [-0.15, -0.1) is 0 Å². The van der Waals surface area contributed by atoms with E-state index in [0.29, 0.717) is 40.6 Å². The van der Waals surface area contributed by atoms with Gasteiger partial charge in [0, 0.05) is 22.5 Å². The number of aryl methyl sites for hydroxylation is 1. The van der Waals surface area contributed by atoms with Gasteiger partial charge in [0.25, 0.3) is 21.5 Å². The molecule has 1 amide bonds. The largest absolute Gasteiger partial charge is 0.494 e. The van der Waals surface area contributed by atoms with Gasteiger partial charge in [0.1, 0.15) is 11.5 Å². The Morgan fingerprint density at radius 1 is 0.860 bits per heavy atom. The van der Waals surface area contributed by atoms with Crippen LogP contribution in [0.4, 0.5) is 5.69 Å². The minimum absolute atomic E-state index is 0.0759. The van der Waals surface area contributed by atoms with Crippen LogP contribution in [0.25, 0.3) is 5.69 Å². The van der Waals surface area contributed by atoms with Crippen LogP contribution in [0.1, 0.15) is 34.1 Å². The number of amides is 1. The van der Waals surface area contributed by atoms with Crippen molar-refractivity contribution in [3.63, 3.8) is 0 Å². The van der Waals surface area contributed by atoms with E-state index in [1.54, 1.807) is 31.2 Å². The minimum Gasteiger partial charge on any atom is -0.494 e. The number of rotatable bonds is 10. The topological polar surface area (TPSA) is 135 Å². The number of H-pyrrole nitrogens is 1. The number of carbonyl (C=O) groups is 1. The fourth-order valence-electron chi connectivity index (χ4n) is 4.40. The van der Waals surface area contributed by atoms with E-state index < -0.39 is 15.9 Å². The molecule has 0 spiro atoms. The molecule has 4 aromatic carbocycles. The Morgan fingerprint density at radius 3 is 2.12 bits per heavy atom. The summed E-state index contributed by atoms with van der Waals surface area (Å²) in [6.45, 7) is 4.09. The summed E-state index contributed by atoms with van der Waals surface area (Å²) in [5.74, 6) is 0.0364. The Balaban J connectivity index is 1.37. The number of hydrogen-bond donors (Lipinski definition) is 3. The van der Waals surface area contributed by atoms with Crippen LogP contribution >= 0.6 is 0 Å². The highest BCUT2D eigenvalue weighted by atomic mass is 32.2. The van der Waals surface area contributed by atoms with Crippen LogP contribution in [0.15, 0.2) is 124 Å². The van der Waals surface area contributed by atoms with Crippen LogP contribution < -0.4 is 20.4 Å². The quantitative estimate of drug-likeness (QED) is 0.157. The monoisotopic (exact) mass is 595 g/mol. The molecule has 0 fully saturated rings. The van der Waals surface area contributed by atoms with Gasteiger partial charge in [-0.05, 0) is 74.5 Å². The van der Waals surface area contributed by atoms with Gasteiger partial charge in [0.05, 0.1) is 22.8 Å². The van der Waals surface area contributed by atoms with Crippen LogP contribution in [0.2, 0.25) is 0 Å². The van der Waals surface area contributed by atoms with Crippen molar-refractivity contribution in [2.24, 2.45) is 5.10 Å². The molecule has 3 N–H and O–H groups in total. The van der Waals surface area contributed by atoms with E-state index >= 15 is 0 Å². The maximum Gasteiger partial charge on any atom is 0.281 e. The molecule has 5 aromatic rings. The first-order valence-corrected chi connectivity index (χ1v) is 14.9. The molecule has 0 unspecified atom stereocenters. The second-order valence-electron chi connectivity index (χ2n) is 9.44. The summed E-state index contributed by atoms with van der Waals surface area (Å²) in [6.07, 6.45) is 0. The summed E-state index contributed by atoms with van der Waals surface area (Å²) in [5, 5.41) is 7.47. The van der Waals surface area contributed by atoms with Crippen molar-refractivity contribution in [2.45, 2.75) is 18.7 Å². The number of hydrogen-bond acceptors (Lipinski definition) is 6. The second kappa shape index (κ2) is 12.6. The van der Waals surface area contributed by atoms with Gasteiger partial charge in [0.15, 0.2) is 0 Å². The molecule has 0 saturated heterocycles. The average Bonchev–Trinajstić information content (AvgIpc) is 3.32. The molecule has 43 heavy (non-hydrogen) atoms. The molecule has 11 heteroatoms. The highest BCUT2D eigenvalue weighted by Gasteiger charge is 2.20. The van der Waals surface area contributed by atoms with Crippen LogP contribution in [0, 0.1) is 6.92 Å². The molecular weight excluding hydrogens is 566 g/mol. The summed E-state index contributed by atoms with van der Waals surface area (Å²) in [6, 6.07) is 30.2. The van der Waals surface area contributed by atoms with Gasteiger partial charge in [0.2, 0.25) is 0 Å². The number of sulfonamides is 1. The highest BCUT2D eigenvalue weighted by molar-refractivity contribution is 7.92. The average molecular weight is 596 g/mol. The molecule has 0 atom stereocenters. The van der Waals surface area contributed by atoms with E-state index in [4.69, 9.17) is 4.74 Å². The first-order valence-electron chi connectivity index (χ1n) is 13.4. The first-order chi connectivity index (χ1) is 20.8. The molecule has 10 nitrogen and oxygen atoms in total. The Morgan fingerprint density at radius 2 is 1.49 bits per heavy atom. The van der Waals surface area contributed by atoms with E-state index in [-0.39, 0.29) is 21.7 Å². The third-order valence-electron chi connectivity index (χ3n) is 6.48. The van der Waals surface area contributed by atoms with Gasteiger partial charge in [-0.25, -0.2) is 18.5 Å². The lowest BCUT2D eigenvalue weighted by atomic mass is 10.0. The lowest BCUT2D eigenvalue weighted by molar-refractivity contribution is 0.0955. The smallest absolute Gasteiger partial charge is 0.281 e. The molecule has 1 aromatic heterocycles. The number of nitrogens with one attached hydrogen (secondary N) is 3. The number of aromatic nitrogens is 2. The predicted octanol–water partition coefficient (Wildman–Crippen LogP) is 4.86. The van der Waals surface area contributed by atoms with Crippen molar-refractivity contribution in [3.05, 3.63) is 142 Å².